The standard InChI is InChI=1S/C12H13ClFNO/c1-8-7-15(6-5-11(8)16)10-4-2-3-9(13)12(10)14/h2-4,8H,5-7H2,1H3. The van der Waals surface area contributed by atoms with Gasteiger partial charge in [0.2, 0.25) is 0 Å². The van der Waals surface area contributed by atoms with E-state index in [2.05, 4.69) is 0 Å². The van der Waals surface area contributed by atoms with Gasteiger partial charge in [-0.15, -0.1) is 0 Å². The minimum absolute atomic E-state index is 0.0351. The van der Waals surface area contributed by atoms with Crippen LogP contribution in [0.5, 0.6) is 0 Å². The van der Waals surface area contributed by atoms with Crippen LogP contribution in [0.2, 0.25) is 5.02 Å². The smallest absolute Gasteiger partial charge is 0.165 e. The molecule has 1 aromatic rings. The molecule has 16 heavy (non-hydrogen) atoms. The molecule has 0 amide bonds. The van der Waals surface area contributed by atoms with Crippen molar-refractivity contribution in [2.24, 2.45) is 5.92 Å². The van der Waals surface area contributed by atoms with E-state index in [1.54, 1.807) is 12.1 Å². The van der Waals surface area contributed by atoms with Crippen molar-refractivity contribution in [3.05, 3.63) is 29.0 Å². The van der Waals surface area contributed by atoms with Crippen molar-refractivity contribution >= 4 is 23.1 Å². The lowest BCUT2D eigenvalue weighted by molar-refractivity contribution is -0.122. The zero-order valence-corrected chi connectivity index (χ0v) is 9.80. The molecule has 1 atom stereocenters. The summed E-state index contributed by atoms with van der Waals surface area (Å²) in [5.74, 6) is -0.184. The van der Waals surface area contributed by atoms with Crippen molar-refractivity contribution in [2.75, 3.05) is 18.0 Å². The number of Topliss-reactive ketones (excluding diaryl/α,β-unsaturated/α-hetero) is 1. The Morgan fingerprint density at radius 3 is 2.94 bits per heavy atom. The van der Waals surface area contributed by atoms with Gasteiger partial charge in [0.1, 0.15) is 5.78 Å². The quantitative estimate of drug-likeness (QED) is 0.754. The van der Waals surface area contributed by atoms with Gasteiger partial charge in [-0.1, -0.05) is 24.6 Å². The van der Waals surface area contributed by atoms with Crippen LogP contribution in [0.25, 0.3) is 0 Å². The normalized spacial score (nSPS) is 21.3. The summed E-state index contributed by atoms with van der Waals surface area (Å²) >= 11 is 5.73. The molecule has 0 radical (unpaired) electrons. The Hall–Kier alpha value is -1.09. The van der Waals surface area contributed by atoms with E-state index in [4.69, 9.17) is 11.6 Å². The molecule has 1 aromatic carbocycles. The first-order valence-corrected chi connectivity index (χ1v) is 5.69. The molecule has 0 spiro atoms. The van der Waals surface area contributed by atoms with Crippen LogP contribution in [0.15, 0.2) is 18.2 Å². The van der Waals surface area contributed by atoms with Gasteiger partial charge in [-0.3, -0.25) is 4.79 Å². The van der Waals surface area contributed by atoms with Gasteiger partial charge in [-0.05, 0) is 12.1 Å². The van der Waals surface area contributed by atoms with Crippen molar-refractivity contribution in [1.82, 2.24) is 0 Å². The van der Waals surface area contributed by atoms with Gasteiger partial charge in [0.15, 0.2) is 5.82 Å². The molecule has 1 aliphatic heterocycles. The van der Waals surface area contributed by atoms with Gasteiger partial charge in [0, 0.05) is 25.4 Å². The Morgan fingerprint density at radius 2 is 2.25 bits per heavy atom. The molecule has 1 fully saturated rings. The molecule has 1 unspecified atom stereocenters. The zero-order valence-electron chi connectivity index (χ0n) is 9.04. The molecule has 0 N–H and O–H groups in total. The van der Waals surface area contributed by atoms with Gasteiger partial charge in [-0.2, -0.15) is 0 Å². The summed E-state index contributed by atoms with van der Waals surface area (Å²) < 4.78 is 13.8. The number of ketones is 1. The van der Waals surface area contributed by atoms with Gasteiger partial charge < -0.3 is 4.90 Å². The van der Waals surface area contributed by atoms with E-state index in [9.17, 15) is 9.18 Å². The number of benzene rings is 1. The van der Waals surface area contributed by atoms with Gasteiger partial charge in [0.25, 0.3) is 0 Å². The van der Waals surface area contributed by atoms with Crippen molar-refractivity contribution in [2.45, 2.75) is 13.3 Å². The maximum absolute atomic E-state index is 13.8. The maximum Gasteiger partial charge on any atom is 0.165 e. The lowest BCUT2D eigenvalue weighted by atomic mass is 9.98. The summed E-state index contributed by atoms with van der Waals surface area (Å²) in [6.07, 6.45) is 0.479. The second kappa shape index (κ2) is 4.42. The molecule has 0 saturated carbocycles. The second-order valence-electron chi connectivity index (χ2n) is 4.14. The highest BCUT2D eigenvalue weighted by Gasteiger charge is 2.25. The Kier molecular flexibility index (Phi) is 3.15. The number of nitrogens with zero attached hydrogens (tertiary/aromatic N) is 1. The van der Waals surface area contributed by atoms with Crippen molar-refractivity contribution < 1.29 is 9.18 Å². The van der Waals surface area contributed by atoms with Crippen molar-refractivity contribution in [3.63, 3.8) is 0 Å². The van der Waals surface area contributed by atoms with E-state index in [1.807, 2.05) is 11.8 Å². The topological polar surface area (TPSA) is 20.3 Å². The van der Waals surface area contributed by atoms with E-state index < -0.39 is 5.82 Å². The fraction of sp³-hybridized carbons (Fsp3) is 0.417. The summed E-state index contributed by atoms with van der Waals surface area (Å²) in [5.41, 5.74) is 0.492. The SMILES string of the molecule is CC1CN(c2cccc(Cl)c2F)CCC1=O. The third-order valence-corrected chi connectivity index (χ3v) is 3.24. The first kappa shape index (κ1) is 11.4. The number of carbonyl (C=O) groups is 1. The van der Waals surface area contributed by atoms with E-state index in [-0.39, 0.29) is 16.7 Å². The van der Waals surface area contributed by atoms with Crippen molar-refractivity contribution in [1.29, 1.82) is 0 Å². The van der Waals surface area contributed by atoms with Crippen LogP contribution in [0.3, 0.4) is 0 Å². The predicted molar refractivity (Wildman–Crippen MR) is 62.4 cm³/mol. The average molecular weight is 242 g/mol. The Balaban J connectivity index is 2.25. The number of hydrogen-bond acceptors (Lipinski definition) is 2. The summed E-state index contributed by atoms with van der Waals surface area (Å²) in [4.78, 5) is 13.3. The van der Waals surface area contributed by atoms with Crippen LogP contribution < -0.4 is 4.90 Å². The van der Waals surface area contributed by atoms with Crippen molar-refractivity contribution in [3.8, 4) is 0 Å². The molecule has 0 aliphatic carbocycles. The molecule has 2 nitrogen and oxygen atoms in total. The second-order valence-corrected chi connectivity index (χ2v) is 4.54. The average Bonchev–Trinajstić information content (AvgIpc) is 2.26. The van der Waals surface area contributed by atoms with E-state index >= 15 is 0 Å². The third kappa shape index (κ3) is 2.05. The summed E-state index contributed by atoms with van der Waals surface area (Å²) in [6, 6.07) is 4.95. The fourth-order valence-electron chi connectivity index (χ4n) is 1.97. The lowest BCUT2D eigenvalue weighted by Crippen LogP contribution is -2.40. The first-order chi connectivity index (χ1) is 7.59. The molecule has 4 heteroatoms. The zero-order chi connectivity index (χ0) is 11.7. The van der Waals surface area contributed by atoms with Crippen LogP contribution in [0, 0.1) is 11.7 Å². The number of halogens is 2. The van der Waals surface area contributed by atoms with Gasteiger partial charge >= 0.3 is 0 Å². The third-order valence-electron chi connectivity index (χ3n) is 2.94. The molecule has 1 saturated heterocycles. The van der Waals surface area contributed by atoms with Gasteiger partial charge in [-0.25, -0.2) is 4.39 Å². The van der Waals surface area contributed by atoms with Crippen LogP contribution >= 0.6 is 11.6 Å². The fourth-order valence-corrected chi connectivity index (χ4v) is 2.14. The molecule has 1 aliphatic rings. The van der Waals surface area contributed by atoms with E-state index in [0.29, 0.717) is 25.2 Å². The molecule has 0 bridgehead atoms. The van der Waals surface area contributed by atoms with Crippen LogP contribution in [-0.4, -0.2) is 18.9 Å². The summed E-state index contributed by atoms with van der Waals surface area (Å²) in [7, 11) is 0. The van der Waals surface area contributed by atoms with E-state index in [1.165, 1.54) is 6.07 Å². The predicted octanol–water partition coefficient (Wildman–Crippen LogP) is 2.89. The summed E-state index contributed by atoms with van der Waals surface area (Å²) in [5, 5.41) is 0.127. The molecular weight excluding hydrogens is 229 g/mol. The lowest BCUT2D eigenvalue weighted by Gasteiger charge is -2.32. The first-order valence-electron chi connectivity index (χ1n) is 5.31. The molecule has 86 valence electrons. The Labute approximate surface area is 99.0 Å². The van der Waals surface area contributed by atoms with Crippen LogP contribution in [-0.2, 0) is 4.79 Å². The minimum Gasteiger partial charge on any atom is -0.368 e. The molecular formula is C12H13ClFNO. The number of carbonyl (C=O) groups excluding carboxylic acids is 1. The van der Waals surface area contributed by atoms with Crippen LogP contribution in [0.1, 0.15) is 13.3 Å². The minimum atomic E-state index is -0.397. The highest BCUT2D eigenvalue weighted by molar-refractivity contribution is 6.31. The Morgan fingerprint density at radius 1 is 1.50 bits per heavy atom. The highest BCUT2D eigenvalue weighted by atomic mass is 35.5. The maximum atomic E-state index is 13.8. The molecule has 1 heterocycles. The number of piperidine rings is 1. The summed E-state index contributed by atoms with van der Waals surface area (Å²) in [6.45, 7) is 3.01. The Bertz CT molecular complexity index is 421. The molecule has 0 aromatic heterocycles. The van der Waals surface area contributed by atoms with E-state index in [0.717, 1.165) is 0 Å². The van der Waals surface area contributed by atoms with Gasteiger partial charge in [0.05, 0.1) is 10.7 Å². The number of anilines is 1. The highest BCUT2D eigenvalue weighted by Crippen LogP contribution is 2.28. The number of hydrogen-bond donors (Lipinski definition) is 0. The monoisotopic (exact) mass is 241 g/mol. The molecule has 2 rings (SSSR count). The van der Waals surface area contributed by atoms with Crippen LogP contribution in [0.4, 0.5) is 10.1 Å². The largest absolute Gasteiger partial charge is 0.368 e. The number of rotatable bonds is 1.